The molecule has 0 fully saturated rings. The number of carboxylic acid groups (broad SMARTS) is 1. The highest BCUT2D eigenvalue weighted by atomic mass is 35.5. The molecule has 0 radical (unpaired) electrons. The zero-order valence-corrected chi connectivity index (χ0v) is 22.5. The number of rotatable bonds is 7. The predicted molar refractivity (Wildman–Crippen MR) is 147 cm³/mol. The molecule has 0 bridgehead atoms. The molecule has 2 aromatic carbocycles. The molecule has 208 valence electrons. The van der Waals surface area contributed by atoms with E-state index in [0.29, 0.717) is 16.4 Å². The van der Waals surface area contributed by atoms with Crippen LogP contribution in [0.25, 0.3) is 28.2 Å². The Labute approximate surface area is 237 Å². The van der Waals surface area contributed by atoms with Gasteiger partial charge >= 0.3 is 12.1 Å². The summed E-state index contributed by atoms with van der Waals surface area (Å²) in [5.41, 5.74) is 3.38. The van der Waals surface area contributed by atoms with Crippen LogP contribution in [0.4, 0.5) is 13.2 Å². The van der Waals surface area contributed by atoms with Crippen LogP contribution in [0.5, 0.6) is 5.88 Å². The minimum absolute atomic E-state index is 0.167. The summed E-state index contributed by atoms with van der Waals surface area (Å²) < 4.78 is 47.8. The van der Waals surface area contributed by atoms with Crippen molar-refractivity contribution in [3.05, 3.63) is 112 Å². The van der Waals surface area contributed by atoms with E-state index in [0.717, 1.165) is 22.3 Å². The second kappa shape index (κ2) is 11.1. The zero-order chi connectivity index (χ0) is 29.3. The number of alkyl halides is 3. The van der Waals surface area contributed by atoms with Crippen LogP contribution in [0.3, 0.4) is 0 Å². The first-order valence-corrected chi connectivity index (χ1v) is 12.7. The maximum absolute atomic E-state index is 13.8. The van der Waals surface area contributed by atoms with Crippen molar-refractivity contribution in [2.75, 3.05) is 0 Å². The van der Waals surface area contributed by atoms with Gasteiger partial charge in [0, 0.05) is 6.20 Å². The van der Waals surface area contributed by atoms with Gasteiger partial charge in [0.25, 0.3) is 0 Å². The second-order valence-electron chi connectivity index (χ2n) is 9.30. The highest BCUT2D eigenvalue weighted by Crippen LogP contribution is 2.35. The van der Waals surface area contributed by atoms with E-state index in [4.69, 9.17) is 16.3 Å². The fourth-order valence-electron chi connectivity index (χ4n) is 4.30. The number of ether oxygens (including phenoxy) is 1. The molecule has 5 rings (SSSR count). The van der Waals surface area contributed by atoms with Gasteiger partial charge in [0.05, 0.1) is 22.5 Å². The Morgan fingerprint density at radius 1 is 1.00 bits per heavy atom. The standard InChI is InChI=1S/C30H22ClF3N4O3/c1-17-6-8-19(9-7-17)20-10-11-21(18(2)12-20)16-41-28-23(13-22(31)14-35-28)25-4-3-5-26(37-25)38-27(30(32,33)34)24(15-36-38)29(39)40/h3-15H,16H2,1-2H3,(H,39,40). The van der Waals surface area contributed by atoms with E-state index in [-0.39, 0.29) is 29.0 Å². The molecule has 0 aliphatic carbocycles. The van der Waals surface area contributed by atoms with Crippen LogP contribution in [0.1, 0.15) is 32.7 Å². The molecular formula is C30H22ClF3N4O3. The number of carbonyl (C=O) groups is 1. The molecule has 0 saturated heterocycles. The van der Waals surface area contributed by atoms with Gasteiger partial charge in [0.1, 0.15) is 12.2 Å². The first-order valence-electron chi connectivity index (χ1n) is 12.3. The molecule has 1 N–H and O–H groups in total. The first-order chi connectivity index (χ1) is 19.5. The first kappa shape index (κ1) is 27.9. The summed E-state index contributed by atoms with van der Waals surface area (Å²) in [5, 5.41) is 13.1. The van der Waals surface area contributed by atoms with E-state index in [1.165, 1.54) is 23.9 Å². The smallest absolute Gasteiger partial charge is 0.434 e. The molecule has 0 amide bonds. The molecule has 0 atom stereocenters. The Morgan fingerprint density at radius 2 is 1.73 bits per heavy atom. The average Bonchev–Trinajstić information content (AvgIpc) is 3.40. The number of pyridine rings is 2. The SMILES string of the molecule is Cc1ccc(-c2ccc(COc3ncc(Cl)cc3-c3cccc(-n4ncc(C(=O)O)c4C(F)(F)F)n3)c(C)c2)cc1. The molecule has 0 aliphatic heterocycles. The Hall–Kier alpha value is -4.70. The number of hydrogen-bond donors (Lipinski definition) is 1. The van der Waals surface area contributed by atoms with Gasteiger partial charge < -0.3 is 9.84 Å². The third-order valence-electron chi connectivity index (χ3n) is 6.41. The van der Waals surface area contributed by atoms with Gasteiger partial charge in [-0.1, -0.05) is 65.7 Å². The lowest BCUT2D eigenvalue weighted by molar-refractivity contribution is -0.143. The van der Waals surface area contributed by atoms with Crippen LogP contribution in [-0.4, -0.2) is 30.8 Å². The summed E-state index contributed by atoms with van der Waals surface area (Å²) >= 11 is 6.20. The molecule has 41 heavy (non-hydrogen) atoms. The van der Waals surface area contributed by atoms with Crippen molar-refractivity contribution in [3.63, 3.8) is 0 Å². The van der Waals surface area contributed by atoms with Crippen molar-refractivity contribution in [1.82, 2.24) is 19.7 Å². The summed E-state index contributed by atoms with van der Waals surface area (Å²) in [6.45, 7) is 4.18. The number of benzene rings is 2. The van der Waals surface area contributed by atoms with Crippen molar-refractivity contribution < 1.29 is 27.8 Å². The summed E-state index contributed by atoms with van der Waals surface area (Å²) in [6.07, 6.45) is -2.95. The third kappa shape index (κ3) is 5.92. The van der Waals surface area contributed by atoms with Crippen molar-refractivity contribution >= 4 is 17.6 Å². The number of halogens is 4. The Balaban J connectivity index is 1.45. The van der Waals surface area contributed by atoms with Crippen LogP contribution in [0, 0.1) is 13.8 Å². The van der Waals surface area contributed by atoms with Gasteiger partial charge in [-0.2, -0.15) is 18.3 Å². The van der Waals surface area contributed by atoms with Gasteiger partial charge in [-0.05, 0) is 54.3 Å². The normalized spacial score (nSPS) is 11.5. The number of aromatic nitrogens is 4. The third-order valence-corrected chi connectivity index (χ3v) is 6.61. The maximum Gasteiger partial charge on any atom is 0.434 e. The highest BCUT2D eigenvalue weighted by Gasteiger charge is 2.41. The van der Waals surface area contributed by atoms with Crippen molar-refractivity contribution in [2.24, 2.45) is 0 Å². The largest absolute Gasteiger partial charge is 0.478 e. The lowest BCUT2D eigenvalue weighted by Gasteiger charge is -2.14. The molecule has 11 heteroatoms. The molecule has 3 aromatic heterocycles. The van der Waals surface area contributed by atoms with Crippen LogP contribution >= 0.6 is 11.6 Å². The Kier molecular flexibility index (Phi) is 7.51. The van der Waals surface area contributed by atoms with E-state index in [1.807, 2.05) is 26.0 Å². The molecule has 7 nitrogen and oxygen atoms in total. The summed E-state index contributed by atoms with van der Waals surface area (Å²) in [7, 11) is 0. The topological polar surface area (TPSA) is 90.1 Å². The zero-order valence-electron chi connectivity index (χ0n) is 21.8. The number of carboxylic acids is 1. The maximum atomic E-state index is 13.8. The van der Waals surface area contributed by atoms with Gasteiger partial charge in [-0.15, -0.1) is 0 Å². The van der Waals surface area contributed by atoms with E-state index < -0.39 is 23.4 Å². The molecule has 0 aliphatic rings. The molecule has 0 saturated carbocycles. The summed E-state index contributed by atoms with van der Waals surface area (Å²) in [4.78, 5) is 20.0. The van der Waals surface area contributed by atoms with E-state index in [2.05, 4.69) is 45.4 Å². The summed E-state index contributed by atoms with van der Waals surface area (Å²) in [6, 6.07) is 20.1. The molecule has 3 heterocycles. The number of aryl methyl sites for hydroxylation is 2. The van der Waals surface area contributed by atoms with Crippen LogP contribution in [0.2, 0.25) is 5.02 Å². The fourth-order valence-corrected chi connectivity index (χ4v) is 4.46. The lowest BCUT2D eigenvalue weighted by Crippen LogP contribution is -2.18. The fraction of sp³-hybridized carbons (Fsp3) is 0.133. The number of hydrogen-bond acceptors (Lipinski definition) is 5. The summed E-state index contributed by atoms with van der Waals surface area (Å²) in [5.74, 6) is -1.82. The van der Waals surface area contributed by atoms with Crippen molar-refractivity contribution in [3.8, 4) is 34.1 Å². The van der Waals surface area contributed by atoms with Crippen molar-refractivity contribution in [1.29, 1.82) is 0 Å². The van der Waals surface area contributed by atoms with Gasteiger partial charge in [0.2, 0.25) is 5.88 Å². The van der Waals surface area contributed by atoms with E-state index >= 15 is 0 Å². The molecule has 0 spiro atoms. The minimum atomic E-state index is -4.99. The lowest BCUT2D eigenvalue weighted by atomic mass is 9.99. The quantitative estimate of drug-likeness (QED) is 0.214. The van der Waals surface area contributed by atoms with E-state index in [1.54, 1.807) is 12.1 Å². The Bertz CT molecular complexity index is 1750. The van der Waals surface area contributed by atoms with Gasteiger partial charge in [-0.3, -0.25) is 0 Å². The second-order valence-corrected chi connectivity index (χ2v) is 9.74. The Morgan fingerprint density at radius 3 is 2.41 bits per heavy atom. The van der Waals surface area contributed by atoms with Gasteiger partial charge in [-0.25, -0.2) is 19.4 Å². The van der Waals surface area contributed by atoms with Gasteiger partial charge in [0.15, 0.2) is 11.5 Å². The predicted octanol–water partition coefficient (Wildman–Crippen LogP) is 7.56. The van der Waals surface area contributed by atoms with E-state index in [9.17, 15) is 23.1 Å². The van der Waals surface area contributed by atoms with Crippen molar-refractivity contribution in [2.45, 2.75) is 26.6 Å². The van der Waals surface area contributed by atoms with Crippen LogP contribution < -0.4 is 4.74 Å². The molecule has 0 unspecified atom stereocenters. The van der Waals surface area contributed by atoms with Crippen LogP contribution in [0.15, 0.2) is 79.1 Å². The monoisotopic (exact) mass is 578 g/mol. The van der Waals surface area contributed by atoms with Crippen LogP contribution in [-0.2, 0) is 12.8 Å². The average molecular weight is 579 g/mol. The minimum Gasteiger partial charge on any atom is -0.478 e. The highest BCUT2D eigenvalue weighted by molar-refractivity contribution is 6.30. The number of aromatic carboxylic acids is 1. The molecule has 5 aromatic rings. The molecular weight excluding hydrogens is 557 g/mol. The number of nitrogens with zero attached hydrogens (tertiary/aromatic N) is 4.